The Morgan fingerprint density at radius 1 is 1.00 bits per heavy atom. The molecule has 0 aliphatic carbocycles. The summed E-state index contributed by atoms with van der Waals surface area (Å²) in [5, 5.41) is 21.3. The van der Waals surface area contributed by atoms with Crippen molar-refractivity contribution in [2.45, 2.75) is 0 Å². The molecular weight excluding hydrogens is 118 g/mol. The van der Waals surface area contributed by atoms with Gasteiger partial charge in [0.1, 0.15) is 0 Å². The van der Waals surface area contributed by atoms with Crippen molar-refractivity contribution >= 4 is 11.9 Å². The molecule has 48 valence electrons. The number of carboxylic acid groups (broad SMARTS) is 2. The first-order valence-corrected chi connectivity index (χ1v) is 1.36. The van der Waals surface area contributed by atoms with Crippen LogP contribution in [0.3, 0.4) is 0 Å². The summed E-state index contributed by atoms with van der Waals surface area (Å²) in [7, 11) is 0. The SMILES string of the molecule is NO.O=C(O)C(=O)O. The second-order valence-corrected chi connectivity index (χ2v) is 0.610. The van der Waals surface area contributed by atoms with Crippen molar-refractivity contribution in [3.05, 3.63) is 0 Å². The highest BCUT2D eigenvalue weighted by molar-refractivity contribution is 6.27. The first-order chi connectivity index (χ1) is 3.64. The van der Waals surface area contributed by atoms with Crippen LogP contribution in [0, 0.1) is 0 Å². The van der Waals surface area contributed by atoms with Crippen molar-refractivity contribution in [3.8, 4) is 0 Å². The predicted molar refractivity (Wildman–Crippen MR) is 21.2 cm³/mol. The fourth-order valence-electron chi connectivity index (χ4n) is 0. The van der Waals surface area contributed by atoms with E-state index in [0.29, 0.717) is 0 Å². The molecule has 0 fully saturated rings. The number of carboxylic acids is 2. The predicted octanol–water partition coefficient (Wildman–Crippen LogP) is -1.51. The lowest BCUT2D eigenvalue weighted by Gasteiger charge is -1.72. The zero-order valence-electron chi connectivity index (χ0n) is 3.74. The molecule has 0 unspecified atom stereocenters. The highest BCUT2D eigenvalue weighted by Gasteiger charge is 2.04. The summed E-state index contributed by atoms with van der Waals surface area (Å²) >= 11 is 0. The van der Waals surface area contributed by atoms with Crippen molar-refractivity contribution in [1.82, 2.24) is 0 Å². The van der Waals surface area contributed by atoms with Gasteiger partial charge in [-0.1, -0.05) is 0 Å². The average molecular weight is 123 g/mol. The van der Waals surface area contributed by atoms with E-state index in [2.05, 4.69) is 5.90 Å². The van der Waals surface area contributed by atoms with E-state index in [9.17, 15) is 0 Å². The van der Waals surface area contributed by atoms with Gasteiger partial charge < -0.3 is 15.4 Å². The van der Waals surface area contributed by atoms with Gasteiger partial charge in [0.05, 0.1) is 0 Å². The van der Waals surface area contributed by atoms with Crippen LogP contribution in [-0.2, 0) is 9.59 Å². The van der Waals surface area contributed by atoms with Gasteiger partial charge in [-0.25, -0.2) is 15.5 Å². The van der Waals surface area contributed by atoms with E-state index in [-0.39, 0.29) is 0 Å². The van der Waals surface area contributed by atoms with Crippen LogP contribution in [0.25, 0.3) is 0 Å². The van der Waals surface area contributed by atoms with Crippen LogP contribution >= 0.6 is 0 Å². The highest BCUT2D eigenvalue weighted by Crippen LogP contribution is 1.56. The molecule has 0 saturated carbocycles. The van der Waals surface area contributed by atoms with Gasteiger partial charge in [0.15, 0.2) is 0 Å². The second kappa shape index (κ2) is 5.86. The number of rotatable bonds is 0. The van der Waals surface area contributed by atoms with E-state index in [1.165, 1.54) is 0 Å². The minimum absolute atomic E-state index is 1.82. The van der Waals surface area contributed by atoms with Crippen molar-refractivity contribution in [2.24, 2.45) is 5.90 Å². The lowest BCUT2D eigenvalue weighted by Crippen LogP contribution is -2.09. The molecule has 0 aromatic carbocycles. The number of hydrogen-bond acceptors (Lipinski definition) is 4. The van der Waals surface area contributed by atoms with Crippen molar-refractivity contribution in [2.75, 3.05) is 0 Å². The van der Waals surface area contributed by atoms with Crippen LogP contribution < -0.4 is 5.90 Å². The molecular formula is C2H5NO5. The lowest BCUT2D eigenvalue weighted by molar-refractivity contribution is -0.159. The molecule has 0 bridgehead atoms. The third-order valence-electron chi connectivity index (χ3n) is 0.183. The van der Waals surface area contributed by atoms with Gasteiger partial charge in [-0.3, -0.25) is 0 Å². The highest BCUT2D eigenvalue weighted by atomic mass is 16.4. The van der Waals surface area contributed by atoms with Gasteiger partial charge in [-0.05, 0) is 0 Å². The summed E-state index contributed by atoms with van der Waals surface area (Å²) in [6.07, 6.45) is 0. The van der Waals surface area contributed by atoms with Crippen LogP contribution in [0.1, 0.15) is 0 Å². The molecule has 0 heterocycles. The Morgan fingerprint density at radius 3 is 1.12 bits per heavy atom. The maximum Gasteiger partial charge on any atom is 0.414 e. The Balaban J connectivity index is 0. The molecule has 6 nitrogen and oxygen atoms in total. The van der Waals surface area contributed by atoms with Crippen LogP contribution in [0.5, 0.6) is 0 Å². The fourth-order valence-corrected chi connectivity index (χ4v) is 0. The molecule has 0 saturated heterocycles. The summed E-state index contributed by atoms with van der Waals surface area (Å²) < 4.78 is 0. The van der Waals surface area contributed by atoms with Gasteiger partial charge in [-0.15, -0.1) is 0 Å². The Hall–Kier alpha value is -1.14. The van der Waals surface area contributed by atoms with Crippen molar-refractivity contribution in [1.29, 1.82) is 0 Å². The Bertz CT molecular complexity index is 76.4. The maximum atomic E-state index is 9.10. The van der Waals surface area contributed by atoms with E-state index in [1.807, 2.05) is 0 Å². The van der Waals surface area contributed by atoms with E-state index in [0.717, 1.165) is 0 Å². The molecule has 6 heteroatoms. The number of aliphatic carboxylic acids is 2. The van der Waals surface area contributed by atoms with Crippen LogP contribution in [0.15, 0.2) is 0 Å². The molecule has 0 atom stereocenters. The molecule has 0 radical (unpaired) electrons. The van der Waals surface area contributed by atoms with E-state index in [1.54, 1.807) is 0 Å². The first kappa shape index (κ1) is 9.97. The van der Waals surface area contributed by atoms with Crippen LogP contribution in [0.4, 0.5) is 0 Å². The second-order valence-electron chi connectivity index (χ2n) is 0.610. The van der Waals surface area contributed by atoms with Crippen LogP contribution in [0.2, 0.25) is 0 Å². The number of carbonyl (C=O) groups is 2. The molecule has 0 rings (SSSR count). The smallest absolute Gasteiger partial charge is 0.414 e. The number of nitrogens with two attached hydrogens (primary N) is 1. The molecule has 0 amide bonds. The summed E-state index contributed by atoms with van der Waals surface area (Å²) in [4.78, 5) is 18.2. The quantitative estimate of drug-likeness (QED) is 0.229. The van der Waals surface area contributed by atoms with Gasteiger partial charge in [-0.2, -0.15) is 0 Å². The number of hydrogen-bond donors (Lipinski definition) is 4. The molecule has 0 aliphatic rings. The van der Waals surface area contributed by atoms with Gasteiger partial charge in [0.25, 0.3) is 0 Å². The standard InChI is InChI=1S/C2H2O4.H3NO/c3-1(4)2(5)6;1-2/h(H,3,4)(H,5,6);2H,1H2. The Kier molecular flexibility index (Phi) is 7.31. The first-order valence-electron chi connectivity index (χ1n) is 1.36. The zero-order valence-corrected chi connectivity index (χ0v) is 3.74. The molecule has 0 aliphatic heterocycles. The summed E-state index contributed by atoms with van der Waals surface area (Å²) in [5.74, 6) is -0.148. The fraction of sp³-hybridized carbons (Fsp3) is 0. The third kappa shape index (κ3) is 8.85. The minimum atomic E-state index is -1.82. The van der Waals surface area contributed by atoms with Crippen molar-refractivity contribution in [3.63, 3.8) is 0 Å². The summed E-state index contributed by atoms with van der Waals surface area (Å²) in [6.45, 7) is 0. The summed E-state index contributed by atoms with van der Waals surface area (Å²) in [6, 6.07) is 0. The van der Waals surface area contributed by atoms with Gasteiger partial charge in [0, 0.05) is 0 Å². The monoisotopic (exact) mass is 123 g/mol. The Labute approximate surface area is 44.1 Å². The molecule has 0 aromatic rings. The van der Waals surface area contributed by atoms with Crippen LogP contribution in [-0.4, -0.2) is 27.4 Å². The topological polar surface area (TPSA) is 121 Å². The van der Waals surface area contributed by atoms with E-state index >= 15 is 0 Å². The van der Waals surface area contributed by atoms with E-state index in [4.69, 9.17) is 25.0 Å². The van der Waals surface area contributed by atoms with Gasteiger partial charge in [0.2, 0.25) is 0 Å². The Morgan fingerprint density at radius 2 is 1.12 bits per heavy atom. The normalized spacial score (nSPS) is 6.25. The zero-order chi connectivity index (χ0) is 7.15. The van der Waals surface area contributed by atoms with E-state index < -0.39 is 11.9 Å². The molecule has 8 heavy (non-hydrogen) atoms. The summed E-state index contributed by atoms with van der Waals surface area (Å²) in [5.41, 5.74) is 0. The van der Waals surface area contributed by atoms with Gasteiger partial charge >= 0.3 is 11.9 Å². The average Bonchev–Trinajstić information content (AvgIpc) is 1.72. The molecule has 5 N–H and O–H groups in total. The molecule has 0 aromatic heterocycles. The molecule has 0 spiro atoms. The van der Waals surface area contributed by atoms with Crippen molar-refractivity contribution < 1.29 is 25.0 Å². The minimum Gasteiger partial charge on any atom is -0.473 e. The lowest BCUT2D eigenvalue weighted by atomic mass is 10.7. The maximum absolute atomic E-state index is 9.10. The third-order valence-corrected chi connectivity index (χ3v) is 0.183. The largest absolute Gasteiger partial charge is 0.473 e.